The van der Waals surface area contributed by atoms with Gasteiger partial charge in [-0.3, -0.25) is 0 Å². The van der Waals surface area contributed by atoms with Gasteiger partial charge in [-0.25, -0.2) is 0 Å². The summed E-state index contributed by atoms with van der Waals surface area (Å²) >= 11 is 9.31. The predicted molar refractivity (Wildman–Crippen MR) is 73.8 cm³/mol. The SMILES string of the molecule is CCCOc1ccc(C(Cl)CCC(F)(F)F)cc1Br. The van der Waals surface area contributed by atoms with Gasteiger partial charge >= 0.3 is 6.18 Å². The van der Waals surface area contributed by atoms with Gasteiger partial charge in [-0.05, 0) is 46.5 Å². The van der Waals surface area contributed by atoms with E-state index in [0.717, 1.165) is 6.42 Å². The predicted octanol–water partition coefficient (Wildman–Crippen LogP) is 5.86. The zero-order chi connectivity index (χ0) is 14.5. The number of halogens is 5. The highest BCUT2D eigenvalue weighted by Crippen LogP contribution is 2.35. The quantitative estimate of drug-likeness (QED) is 0.578. The molecule has 0 aliphatic heterocycles. The molecule has 0 saturated carbocycles. The van der Waals surface area contributed by atoms with E-state index in [-0.39, 0.29) is 6.42 Å². The Morgan fingerprint density at radius 1 is 1.37 bits per heavy atom. The van der Waals surface area contributed by atoms with E-state index in [1.165, 1.54) is 0 Å². The number of hydrogen-bond donors (Lipinski definition) is 0. The zero-order valence-corrected chi connectivity index (χ0v) is 12.8. The minimum Gasteiger partial charge on any atom is -0.492 e. The molecule has 0 aromatic heterocycles. The van der Waals surface area contributed by atoms with Crippen molar-refractivity contribution in [2.45, 2.75) is 37.7 Å². The van der Waals surface area contributed by atoms with Crippen molar-refractivity contribution in [3.05, 3.63) is 28.2 Å². The van der Waals surface area contributed by atoms with Crippen LogP contribution in [0.2, 0.25) is 0 Å². The minimum absolute atomic E-state index is 0.132. The molecule has 0 radical (unpaired) electrons. The molecule has 1 rings (SSSR count). The first-order chi connectivity index (χ1) is 8.83. The number of benzene rings is 1. The van der Waals surface area contributed by atoms with Gasteiger partial charge in [0.25, 0.3) is 0 Å². The van der Waals surface area contributed by atoms with E-state index in [1.807, 2.05) is 6.92 Å². The van der Waals surface area contributed by atoms with Gasteiger partial charge in [0.1, 0.15) is 5.75 Å². The van der Waals surface area contributed by atoms with Gasteiger partial charge in [0.15, 0.2) is 0 Å². The summed E-state index contributed by atoms with van der Waals surface area (Å²) < 4.78 is 42.5. The molecule has 1 atom stereocenters. The minimum atomic E-state index is -4.17. The van der Waals surface area contributed by atoms with Gasteiger partial charge < -0.3 is 4.74 Å². The van der Waals surface area contributed by atoms with Crippen LogP contribution in [0.25, 0.3) is 0 Å². The molecule has 0 spiro atoms. The van der Waals surface area contributed by atoms with Crippen molar-refractivity contribution in [2.75, 3.05) is 6.61 Å². The summed E-state index contributed by atoms with van der Waals surface area (Å²) in [6.07, 6.45) is -4.30. The Balaban J connectivity index is 2.66. The molecule has 6 heteroatoms. The van der Waals surface area contributed by atoms with E-state index >= 15 is 0 Å². The van der Waals surface area contributed by atoms with E-state index in [2.05, 4.69) is 15.9 Å². The van der Waals surface area contributed by atoms with Crippen LogP contribution in [0.4, 0.5) is 13.2 Å². The molecule has 1 aromatic rings. The highest BCUT2D eigenvalue weighted by molar-refractivity contribution is 9.10. The third kappa shape index (κ3) is 6.04. The molecule has 19 heavy (non-hydrogen) atoms. The first-order valence-electron chi connectivity index (χ1n) is 5.96. The molecule has 1 nitrogen and oxygen atoms in total. The summed E-state index contributed by atoms with van der Waals surface area (Å²) in [6.45, 7) is 2.59. The highest BCUT2D eigenvalue weighted by atomic mass is 79.9. The third-order valence-corrected chi connectivity index (χ3v) is 3.55. The summed E-state index contributed by atoms with van der Waals surface area (Å²) in [4.78, 5) is 0. The molecule has 0 aliphatic rings. The van der Waals surface area contributed by atoms with Gasteiger partial charge in [0.2, 0.25) is 0 Å². The lowest BCUT2D eigenvalue weighted by Crippen LogP contribution is -2.08. The van der Waals surface area contributed by atoms with Gasteiger partial charge in [-0.1, -0.05) is 13.0 Å². The first kappa shape index (κ1) is 16.6. The highest BCUT2D eigenvalue weighted by Gasteiger charge is 2.28. The second-order valence-electron chi connectivity index (χ2n) is 4.16. The van der Waals surface area contributed by atoms with E-state index < -0.39 is 18.0 Å². The summed E-state index contributed by atoms with van der Waals surface area (Å²) in [5.41, 5.74) is 0.654. The fourth-order valence-corrected chi connectivity index (χ4v) is 2.25. The van der Waals surface area contributed by atoms with E-state index in [1.54, 1.807) is 18.2 Å². The molecule has 0 heterocycles. The molecular formula is C13H15BrClF3O. The molecule has 0 N–H and O–H groups in total. The van der Waals surface area contributed by atoms with Gasteiger partial charge in [0, 0.05) is 6.42 Å². The second-order valence-corrected chi connectivity index (χ2v) is 5.54. The molecular weight excluding hydrogens is 344 g/mol. The molecule has 0 bridgehead atoms. The van der Waals surface area contributed by atoms with Crippen molar-refractivity contribution in [3.63, 3.8) is 0 Å². The number of ether oxygens (including phenoxy) is 1. The van der Waals surface area contributed by atoms with Crippen LogP contribution >= 0.6 is 27.5 Å². The fraction of sp³-hybridized carbons (Fsp3) is 0.538. The Morgan fingerprint density at radius 2 is 2.05 bits per heavy atom. The lowest BCUT2D eigenvalue weighted by molar-refractivity contribution is -0.135. The zero-order valence-electron chi connectivity index (χ0n) is 10.4. The van der Waals surface area contributed by atoms with Crippen LogP contribution < -0.4 is 4.74 Å². The van der Waals surface area contributed by atoms with E-state index in [0.29, 0.717) is 22.4 Å². The normalized spacial score (nSPS) is 13.4. The number of rotatable bonds is 6. The smallest absolute Gasteiger partial charge is 0.389 e. The van der Waals surface area contributed by atoms with Crippen LogP contribution in [0.3, 0.4) is 0 Å². The molecule has 0 fully saturated rings. The van der Waals surface area contributed by atoms with Gasteiger partial charge in [0.05, 0.1) is 16.5 Å². The van der Waals surface area contributed by atoms with Crippen LogP contribution in [0, 0.1) is 0 Å². The molecule has 1 unspecified atom stereocenters. The van der Waals surface area contributed by atoms with Crippen molar-refractivity contribution in [3.8, 4) is 5.75 Å². The van der Waals surface area contributed by atoms with Crippen LogP contribution in [0.1, 0.15) is 37.1 Å². The summed E-state index contributed by atoms with van der Waals surface area (Å²) in [6, 6.07) is 5.13. The van der Waals surface area contributed by atoms with Crippen molar-refractivity contribution in [2.24, 2.45) is 0 Å². The van der Waals surface area contributed by atoms with Crippen molar-refractivity contribution >= 4 is 27.5 Å². The van der Waals surface area contributed by atoms with Crippen molar-refractivity contribution < 1.29 is 17.9 Å². The van der Waals surface area contributed by atoms with E-state index in [9.17, 15) is 13.2 Å². The standard InChI is InChI=1S/C13H15BrClF3O/c1-2-7-19-12-4-3-9(8-10(12)14)11(15)5-6-13(16,17)18/h3-4,8,11H,2,5-7H2,1H3. The molecule has 0 amide bonds. The van der Waals surface area contributed by atoms with Gasteiger partial charge in [-0.15, -0.1) is 11.6 Å². The van der Waals surface area contributed by atoms with E-state index in [4.69, 9.17) is 16.3 Å². The van der Waals surface area contributed by atoms with Crippen LogP contribution in [0.5, 0.6) is 5.75 Å². The van der Waals surface area contributed by atoms with Crippen molar-refractivity contribution in [1.29, 1.82) is 0 Å². The monoisotopic (exact) mass is 358 g/mol. The summed E-state index contributed by atoms with van der Waals surface area (Å²) in [7, 11) is 0. The lowest BCUT2D eigenvalue weighted by Gasteiger charge is -2.14. The first-order valence-corrected chi connectivity index (χ1v) is 7.19. The third-order valence-electron chi connectivity index (χ3n) is 2.46. The fourth-order valence-electron chi connectivity index (χ4n) is 1.50. The Bertz CT molecular complexity index is 409. The number of hydrogen-bond acceptors (Lipinski definition) is 1. The maximum Gasteiger partial charge on any atom is 0.389 e. The maximum absolute atomic E-state index is 12.1. The topological polar surface area (TPSA) is 9.23 Å². The Morgan fingerprint density at radius 3 is 2.58 bits per heavy atom. The molecule has 0 saturated heterocycles. The maximum atomic E-state index is 12.1. The summed E-state index contributed by atoms with van der Waals surface area (Å²) in [5.74, 6) is 0.672. The van der Waals surface area contributed by atoms with Crippen LogP contribution in [-0.2, 0) is 0 Å². The largest absolute Gasteiger partial charge is 0.492 e. The van der Waals surface area contributed by atoms with Crippen LogP contribution in [0.15, 0.2) is 22.7 Å². The average molecular weight is 360 g/mol. The van der Waals surface area contributed by atoms with Crippen molar-refractivity contribution in [1.82, 2.24) is 0 Å². The molecule has 108 valence electrons. The second kappa shape index (κ2) is 7.39. The average Bonchev–Trinajstić information content (AvgIpc) is 2.33. The number of alkyl halides is 4. The molecule has 0 aliphatic carbocycles. The summed E-state index contributed by atoms with van der Waals surface area (Å²) in [5, 5.41) is -0.654. The lowest BCUT2D eigenvalue weighted by atomic mass is 10.1. The molecule has 1 aromatic carbocycles. The Hall–Kier alpha value is -0.420. The Kier molecular flexibility index (Phi) is 6.47. The van der Waals surface area contributed by atoms with Crippen LogP contribution in [-0.4, -0.2) is 12.8 Å². The Labute approximate surface area is 124 Å². The van der Waals surface area contributed by atoms with Gasteiger partial charge in [-0.2, -0.15) is 13.2 Å².